The van der Waals surface area contributed by atoms with Gasteiger partial charge in [0.15, 0.2) is 5.69 Å². The fourth-order valence-corrected chi connectivity index (χ4v) is 2.74. The van der Waals surface area contributed by atoms with Gasteiger partial charge >= 0.3 is 0 Å². The maximum absolute atomic E-state index is 12.5. The minimum atomic E-state index is -0.587. The predicted octanol–water partition coefficient (Wildman–Crippen LogP) is 2.40. The van der Waals surface area contributed by atoms with Crippen LogP contribution >= 0.6 is 0 Å². The van der Waals surface area contributed by atoms with Crippen LogP contribution < -0.4 is 11.0 Å². The van der Waals surface area contributed by atoms with Crippen LogP contribution in [0.4, 0.5) is 5.69 Å². The van der Waals surface area contributed by atoms with E-state index in [1.165, 1.54) is 17.0 Å². The molecule has 1 N–H and O–H groups in total. The van der Waals surface area contributed by atoms with E-state index >= 15 is 0 Å². The molecule has 142 valence electrons. The first-order chi connectivity index (χ1) is 13.4. The standard InChI is InChI=1S/C19H17N5O4/c1-3-23-19(26)15-7-5-4-6-14(15)17(22-23)18(25)21-20-11-13-9-8-12(2)16(10-13)24(27)28/h4-11H,3H2,1-2H3,(H,21,25)/b20-11-. The molecule has 28 heavy (non-hydrogen) atoms. The topological polar surface area (TPSA) is 119 Å². The van der Waals surface area contributed by atoms with Crippen molar-refractivity contribution in [1.29, 1.82) is 0 Å². The van der Waals surface area contributed by atoms with Crippen LogP contribution in [0.2, 0.25) is 0 Å². The number of nitrogens with zero attached hydrogens (tertiary/aromatic N) is 4. The Balaban J connectivity index is 1.89. The maximum Gasteiger partial charge on any atom is 0.292 e. The average Bonchev–Trinajstić information content (AvgIpc) is 2.69. The average molecular weight is 379 g/mol. The van der Waals surface area contributed by atoms with Crippen molar-refractivity contribution >= 4 is 28.6 Å². The smallest absolute Gasteiger partial charge is 0.267 e. The molecule has 3 aromatic rings. The van der Waals surface area contributed by atoms with Crippen LogP contribution in [0.25, 0.3) is 10.8 Å². The summed E-state index contributed by atoms with van der Waals surface area (Å²) in [5.41, 5.74) is 3.12. The molecule has 0 saturated heterocycles. The van der Waals surface area contributed by atoms with Crippen LogP contribution in [-0.2, 0) is 6.54 Å². The van der Waals surface area contributed by atoms with E-state index in [0.29, 0.717) is 28.4 Å². The Bertz CT molecular complexity index is 1170. The van der Waals surface area contributed by atoms with E-state index < -0.39 is 10.8 Å². The molecule has 0 radical (unpaired) electrons. The van der Waals surface area contributed by atoms with Crippen LogP contribution in [0.5, 0.6) is 0 Å². The first-order valence-electron chi connectivity index (χ1n) is 8.50. The minimum absolute atomic E-state index is 0.0297. The number of fused-ring (bicyclic) bond motifs is 1. The zero-order valence-electron chi connectivity index (χ0n) is 15.2. The van der Waals surface area contributed by atoms with E-state index in [9.17, 15) is 19.7 Å². The zero-order valence-corrected chi connectivity index (χ0v) is 15.2. The highest BCUT2D eigenvalue weighted by molar-refractivity contribution is 6.04. The third-order valence-corrected chi connectivity index (χ3v) is 4.19. The van der Waals surface area contributed by atoms with Gasteiger partial charge < -0.3 is 0 Å². The summed E-state index contributed by atoms with van der Waals surface area (Å²) in [6, 6.07) is 11.3. The number of hydrogen-bond acceptors (Lipinski definition) is 6. The predicted molar refractivity (Wildman–Crippen MR) is 105 cm³/mol. The molecule has 1 amide bonds. The third-order valence-electron chi connectivity index (χ3n) is 4.19. The number of hydrogen-bond donors (Lipinski definition) is 1. The van der Waals surface area contributed by atoms with Crippen LogP contribution in [0.15, 0.2) is 52.4 Å². The number of rotatable bonds is 5. The maximum atomic E-state index is 12.5. The summed E-state index contributed by atoms with van der Waals surface area (Å²) in [5.74, 6) is -0.587. The highest BCUT2D eigenvalue weighted by Gasteiger charge is 2.16. The quantitative estimate of drug-likeness (QED) is 0.415. The summed E-state index contributed by atoms with van der Waals surface area (Å²) in [7, 11) is 0. The molecule has 9 nitrogen and oxygen atoms in total. The molecule has 0 spiro atoms. The molecule has 0 aliphatic heterocycles. The molecule has 1 aromatic heterocycles. The summed E-state index contributed by atoms with van der Waals surface area (Å²) in [5, 5.41) is 19.8. The monoisotopic (exact) mass is 379 g/mol. The second-order valence-corrected chi connectivity index (χ2v) is 6.02. The van der Waals surface area contributed by atoms with Gasteiger partial charge in [-0.2, -0.15) is 10.2 Å². The number of carbonyl (C=O) groups excluding carboxylic acids is 1. The van der Waals surface area contributed by atoms with E-state index in [0.717, 1.165) is 0 Å². The lowest BCUT2D eigenvalue weighted by Crippen LogP contribution is -2.28. The largest absolute Gasteiger partial charge is 0.292 e. The van der Waals surface area contributed by atoms with Crippen molar-refractivity contribution < 1.29 is 9.72 Å². The van der Waals surface area contributed by atoms with Gasteiger partial charge in [-0.25, -0.2) is 10.1 Å². The van der Waals surface area contributed by atoms with Gasteiger partial charge in [-0.05, 0) is 19.9 Å². The second-order valence-electron chi connectivity index (χ2n) is 6.02. The van der Waals surface area contributed by atoms with Crippen LogP contribution in [0.1, 0.15) is 28.5 Å². The summed E-state index contributed by atoms with van der Waals surface area (Å²) in [6.07, 6.45) is 1.31. The molecular weight excluding hydrogens is 362 g/mol. The number of hydrazone groups is 1. The highest BCUT2D eigenvalue weighted by atomic mass is 16.6. The Morgan fingerprint density at radius 3 is 2.68 bits per heavy atom. The van der Waals surface area contributed by atoms with Gasteiger partial charge in [-0.15, -0.1) is 0 Å². The molecule has 0 fully saturated rings. The van der Waals surface area contributed by atoms with Gasteiger partial charge in [-0.1, -0.05) is 30.3 Å². The molecular formula is C19H17N5O4. The zero-order chi connectivity index (χ0) is 20.3. The molecule has 2 aromatic carbocycles. The first-order valence-corrected chi connectivity index (χ1v) is 8.50. The number of nitro groups is 1. The van der Waals surface area contributed by atoms with Gasteiger partial charge in [0.25, 0.3) is 17.2 Å². The molecule has 9 heteroatoms. The fraction of sp³-hybridized carbons (Fsp3) is 0.158. The van der Waals surface area contributed by atoms with Crippen molar-refractivity contribution in [3.63, 3.8) is 0 Å². The number of aryl methyl sites for hydroxylation is 2. The Morgan fingerprint density at radius 2 is 2.00 bits per heavy atom. The summed E-state index contributed by atoms with van der Waals surface area (Å²) in [4.78, 5) is 35.4. The summed E-state index contributed by atoms with van der Waals surface area (Å²) < 4.78 is 1.21. The van der Waals surface area contributed by atoms with E-state index in [-0.39, 0.29) is 16.9 Å². The number of carbonyl (C=O) groups is 1. The molecule has 0 bridgehead atoms. The third kappa shape index (κ3) is 3.63. The Hall–Kier alpha value is -3.88. The lowest BCUT2D eigenvalue weighted by atomic mass is 10.1. The minimum Gasteiger partial charge on any atom is -0.267 e. The molecule has 0 aliphatic carbocycles. The number of benzene rings is 2. The van der Waals surface area contributed by atoms with Crippen molar-refractivity contribution in [2.24, 2.45) is 5.10 Å². The lowest BCUT2D eigenvalue weighted by molar-refractivity contribution is -0.385. The lowest BCUT2D eigenvalue weighted by Gasteiger charge is -2.08. The molecule has 0 saturated carbocycles. The normalized spacial score (nSPS) is 11.1. The van der Waals surface area contributed by atoms with Gasteiger partial charge in [0.2, 0.25) is 0 Å². The number of nitrogens with one attached hydrogen (secondary N) is 1. The first kappa shape index (κ1) is 18.9. The van der Waals surface area contributed by atoms with E-state index in [1.807, 2.05) is 0 Å². The highest BCUT2D eigenvalue weighted by Crippen LogP contribution is 2.18. The molecule has 3 rings (SSSR count). The van der Waals surface area contributed by atoms with Crippen molar-refractivity contribution in [3.05, 3.63) is 79.8 Å². The Labute approximate surface area is 159 Å². The van der Waals surface area contributed by atoms with Gasteiger partial charge in [-0.3, -0.25) is 19.7 Å². The molecule has 0 unspecified atom stereocenters. The van der Waals surface area contributed by atoms with E-state index in [1.54, 1.807) is 50.2 Å². The van der Waals surface area contributed by atoms with Crippen molar-refractivity contribution in [2.45, 2.75) is 20.4 Å². The molecule has 1 heterocycles. The van der Waals surface area contributed by atoms with E-state index in [4.69, 9.17) is 0 Å². The summed E-state index contributed by atoms with van der Waals surface area (Å²) in [6.45, 7) is 3.72. The number of amides is 1. The molecule has 0 aliphatic rings. The van der Waals surface area contributed by atoms with Gasteiger partial charge in [0.05, 0.1) is 16.5 Å². The number of nitro benzene ring substituents is 1. The number of aromatic nitrogens is 2. The Morgan fingerprint density at radius 1 is 1.29 bits per heavy atom. The van der Waals surface area contributed by atoms with Crippen LogP contribution in [0, 0.1) is 17.0 Å². The fourth-order valence-electron chi connectivity index (χ4n) is 2.74. The Kier molecular flexibility index (Phi) is 5.25. The SMILES string of the molecule is CCn1nc(C(=O)N/N=C\c2ccc(C)c([N+](=O)[O-])c2)c2ccccc2c1=O. The van der Waals surface area contributed by atoms with Crippen molar-refractivity contribution in [3.8, 4) is 0 Å². The van der Waals surface area contributed by atoms with Crippen molar-refractivity contribution in [2.75, 3.05) is 0 Å². The van der Waals surface area contributed by atoms with Gasteiger partial charge in [0, 0.05) is 29.1 Å². The summed E-state index contributed by atoms with van der Waals surface area (Å²) >= 11 is 0. The van der Waals surface area contributed by atoms with Crippen molar-refractivity contribution in [1.82, 2.24) is 15.2 Å². The second kappa shape index (κ2) is 7.78. The van der Waals surface area contributed by atoms with E-state index in [2.05, 4.69) is 15.6 Å². The van der Waals surface area contributed by atoms with Crippen LogP contribution in [-0.4, -0.2) is 26.8 Å². The van der Waals surface area contributed by atoms with Crippen LogP contribution in [0.3, 0.4) is 0 Å². The van der Waals surface area contributed by atoms with Gasteiger partial charge in [0.1, 0.15) is 0 Å². The molecule has 0 atom stereocenters.